The number of nitrogen functional groups attached to an aromatic ring is 1. The summed E-state index contributed by atoms with van der Waals surface area (Å²) in [6, 6.07) is 7.75. The number of primary amides is 1. The predicted octanol–water partition coefficient (Wildman–Crippen LogP) is 3.32. The first kappa shape index (κ1) is 14.3. The van der Waals surface area contributed by atoms with E-state index in [-0.39, 0.29) is 5.56 Å². The van der Waals surface area contributed by atoms with Gasteiger partial charge in [-0.1, -0.05) is 0 Å². The number of benzene rings is 2. The van der Waals surface area contributed by atoms with Gasteiger partial charge in [-0.05, 0) is 58.7 Å². The maximum absolute atomic E-state index is 13.6. The van der Waals surface area contributed by atoms with Gasteiger partial charge in [-0.25, -0.2) is 4.39 Å². The van der Waals surface area contributed by atoms with E-state index < -0.39 is 11.7 Å². The van der Waals surface area contributed by atoms with E-state index in [0.717, 1.165) is 5.56 Å². The van der Waals surface area contributed by atoms with Crippen molar-refractivity contribution in [1.82, 2.24) is 0 Å². The number of carbonyl (C=O) groups excluding carboxylic acids is 1. The van der Waals surface area contributed by atoms with Gasteiger partial charge in [-0.3, -0.25) is 4.79 Å². The van der Waals surface area contributed by atoms with Gasteiger partial charge in [0.1, 0.15) is 5.82 Å². The monoisotopic (exact) mass is 337 g/mol. The fourth-order valence-electron chi connectivity index (χ4n) is 1.80. The van der Waals surface area contributed by atoms with E-state index in [9.17, 15) is 9.18 Å². The zero-order valence-corrected chi connectivity index (χ0v) is 12.3. The molecule has 104 valence electrons. The third-order valence-electron chi connectivity index (χ3n) is 2.85. The highest BCUT2D eigenvalue weighted by molar-refractivity contribution is 9.10. The molecule has 2 aromatic carbocycles. The largest absolute Gasteiger partial charge is 0.399 e. The maximum Gasteiger partial charge on any atom is 0.250 e. The van der Waals surface area contributed by atoms with E-state index in [1.165, 1.54) is 12.1 Å². The molecule has 0 saturated carbocycles. The van der Waals surface area contributed by atoms with Crippen LogP contribution in [0, 0.1) is 12.7 Å². The third-order valence-corrected chi connectivity index (χ3v) is 3.45. The number of halogens is 2. The van der Waals surface area contributed by atoms with Gasteiger partial charge in [-0.15, -0.1) is 0 Å². The van der Waals surface area contributed by atoms with E-state index in [1.54, 1.807) is 18.2 Å². The molecule has 0 aromatic heterocycles. The van der Waals surface area contributed by atoms with Gasteiger partial charge in [0.15, 0.2) is 0 Å². The smallest absolute Gasteiger partial charge is 0.250 e. The van der Waals surface area contributed by atoms with Crippen molar-refractivity contribution in [3.8, 4) is 0 Å². The van der Waals surface area contributed by atoms with Crippen LogP contribution < -0.4 is 16.8 Å². The van der Waals surface area contributed by atoms with Crippen LogP contribution in [0.4, 0.5) is 21.5 Å². The number of amides is 1. The number of hydrogen-bond acceptors (Lipinski definition) is 3. The lowest BCUT2D eigenvalue weighted by Gasteiger charge is -2.13. The van der Waals surface area contributed by atoms with Crippen LogP contribution in [0.25, 0.3) is 0 Å². The zero-order chi connectivity index (χ0) is 14.9. The van der Waals surface area contributed by atoms with Crippen molar-refractivity contribution in [3.63, 3.8) is 0 Å². The Hall–Kier alpha value is -2.08. The molecule has 0 heterocycles. The van der Waals surface area contributed by atoms with Crippen molar-refractivity contribution in [1.29, 1.82) is 0 Å². The van der Waals surface area contributed by atoms with Gasteiger partial charge in [0.05, 0.1) is 15.7 Å². The Bertz CT molecular complexity index is 688. The van der Waals surface area contributed by atoms with Crippen molar-refractivity contribution in [2.24, 2.45) is 5.73 Å². The van der Waals surface area contributed by atoms with Crippen molar-refractivity contribution in [2.45, 2.75) is 6.92 Å². The summed E-state index contributed by atoms with van der Waals surface area (Å²) in [6.45, 7) is 1.83. The number of carbonyl (C=O) groups is 1. The van der Waals surface area contributed by atoms with E-state index in [2.05, 4.69) is 21.2 Å². The van der Waals surface area contributed by atoms with Gasteiger partial charge >= 0.3 is 0 Å². The minimum absolute atomic E-state index is 0.257. The van der Waals surface area contributed by atoms with Crippen LogP contribution in [0.15, 0.2) is 34.8 Å². The molecule has 5 N–H and O–H groups in total. The van der Waals surface area contributed by atoms with Crippen LogP contribution in [0.3, 0.4) is 0 Å². The molecule has 0 radical (unpaired) electrons. The second kappa shape index (κ2) is 5.50. The van der Waals surface area contributed by atoms with Crippen LogP contribution in [0.2, 0.25) is 0 Å². The molecule has 0 saturated heterocycles. The highest BCUT2D eigenvalue weighted by Crippen LogP contribution is 2.28. The molecule has 0 fully saturated rings. The molecule has 4 nitrogen and oxygen atoms in total. The highest BCUT2D eigenvalue weighted by Gasteiger charge is 2.11. The average Bonchev–Trinajstić information content (AvgIpc) is 2.37. The minimum Gasteiger partial charge on any atom is -0.399 e. The Morgan fingerprint density at radius 1 is 1.25 bits per heavy atom. The van der Waals surface area contributed by atoms with Crippen LogP contribution in [-0.4, -0.2) is 5.91 Å². The van der Waals surface area contributed by atoms with Crippen LogP contribution in [-0.2, 0) is 0 Å². The molecule has 0 aliphatic rings. The number of aryl methyl sites for hydroxylation is 1. The summed E-state index contributed by atoms with van der Waals surface area (Å²) < 4.78 is 14.0. The van der Waals surface area contributed by atoms with E-state index in [1.807, 2.05) is 6.92 Å². The van der Waals surface area contributed by atoms with Gasteiger partial charge in [0.25, 0.3) is 5.91 Å². The molecular formula is C14H13BrFN3O. The summed E-state index contributed by atoms with van der Waals surface area (Å²) in [6.07, 6.45) is 0. The average molecular weight is 338 g/mol. The molecule has 2 aromatic rings. The maximum atomic E-state index is 13.6. The minimum atomic E-state index is -0.602. The Morgan fingerprint density at radius 3 is 2.60 bits per heavy atom. The summed E-state index contributed by atoms with van der Waals surface area (Å²) in [7, 11) is 0. The normalized spacial score (nSPS) is 10.3. The first-order valence-electron chi connectivity index (χ1n) is 5.80. The quantitative estimate of drug-likeness (QED) is 0.751. The first-order valence-corrected chi connectivity index (χ1v) is 6.60. The van der Waals surface area contributed by atoms with Crippen molar-refractivity contribution in [3.05, 3.63) is 51.7 Å². The summed E-state index contributed by atoms with van der Waals surface area (Å²) in [5.74, 6) is -0.996. The van der Waals surface area contributed by atoms with E-state index >= 15 is 0 Å². The summed E-state index contributed by atoms with van der Waals surface area (Å²) in [4.78, 5) is 11.4. The number of anilines is 3. The Balaban J connectivity index is 2.45. The molecule has 0 spiro atoms. The van der Waals surface area contributed by atoms with Crippen molar-refractivity contribution < 1.29 is 9.18 Å². The molecule has 1 amide bonds. The second-order valence-corrected chi connectivity index (χ2v) is 5.23. The summed E-state index contributed by atoms with van der Waals surface area (Å²) in [5, 5.41) is 3.00. The van der Waals surface area contributed by atoms with Gasteiger partial charge in [0, 0.05) is 11.4 Å². The number of rotatable bonds is 3. The number of nitrogens with two attached hydrogens (primary N) is 2. The lowest BCUT2D eigenvalue weighted by atomic mass is 10.1. The second-order valence-electron chi connectivity index (χ2n) is 4.38. The number of hydrogen-bond donors (Lipinski definition) is 3. The standard InChI is InChI=1S/C14H13BrFN3O/c1-7-4-10(15)11(16)6-13(7)19-12-3-2-8(17)5-9(12)14(18)20/h2-6,19H,17H2,1H3,(H2,18,20). The lowest BCUT2D eigenvalue weighted by Crippen LogP contribution is -2.14. The van der Waals surface area contributed by atoms with Gasteiger partial charge in [-0.2, -0.15) is 0 Å². The molecule has 2 rings (SSSR count). The van der Waals surface area contributed by atoms with Crippen LogP contribution in [0.1, 0.15) is 15.9 Å². The van der Waals surface area contributed by atoms with E-state index in [0.29, 0.717) is 21.5 Å². The number of nitrogens with one attached hydrogen (secondary N) is 1. The zero-order valence-electron chi connectivity index (χ0n) is 10.7. The highest BCUT2D eigenvalue weighted by atomic mass is 79.9. The molecule has 0 aliphatic carbocycles. The van der Waals surface area contributed by atoms with Gasteiger partial charge < -0.3 is 16.8 Å². The van der Waals surface area contributed by atoms with Crippen LogP contribution >= 0.6 is 15.9 Å². The van der Waals surface area contributed by atoms with Gasteiger partial charge in [0.2, 0.25) is 0 Å². The van der Waals surface area contributed by atoms with E-state index in [4.69, 9.17) is 11.5 Å². The summed E-state index contributed by atoms with van der Waals surface area (Å²) in [5.41, 5.74) is 13.5. The summed E-state index contributed by atoms with van der Waals surface area (Å²) >= 11 is 3.12. The third kappa shape index (κ3) is 2.91. The lowest BCUT2D eigenvalue weighted by molar-refractivity contribution is 0.100. The molecule has 20 heavy (non-hydrogen) atoms. The fraction of sp³-hybridized carbons (Fsp3) is 0.0714. The molecule has 6 heteroatoms. The first-order chi connectivity index (χ1) is 9.38. The fourth-order valence-corrected chi connectivity index (χ4v) is 2.26. The predicted molar refractivity (Wildman–Crippen MR) is 81.5 cm³/mol. The molecule has 0 unspecified atom stereocenters. The Labute approximate surface area is 124 Å². The Kier molecular flexibility index (Phi) is 3.94. The van der Waals surface area contributed by atoms with Crippen molar-refractivity contribution >= 4 is 38.9 Å². The molecular weight excluding hydrogens is 325 g/mol. The molecule has 0 bridgehead atoms. The molecule has 0 atom stereocenters. The Morgan fingerprint density at radius 2 is 1.95 bits per heavy atom. The SMILES string of the molecule is Cc1cc(Br)c(F)cc1Nc1ccc(N)cc1C(N)=O. The molecule has 0 aliphatic heterocycles. The van der Waals surface area contributed by atoms with Crippen LogP contribution in [0.5, 0.6) is 0 Å². The van der Waals surface area contributed by atoms with Crippen molar-refractivity contribution in [2.75, 3.05) is 11.1 Å². The topological polar surface area (TPSA) is 81.1 Å².